The van der Waals surface area contributed by atoms with Crippen molar-refractivity contribution in [1.29, 1.82) is 0 Å². The van der Waals surface area contributed by atoms with Crippen LogP contribution in [0.2, 0.25) is 10.0 Å². The number of rotatable bonds is 9. The molecule has 53 heavy (non-hydrogen) atoms. The molecule has 0 saturated carbocycles. The van der Waals surface area contributed by atoms with Crippen LogP contribution in [0.1, 0.15) is 22.9 Å². The number of anilines is 4. The number of halogens is 2. The number of hydrogen-bond acceptors (Lipinski definition) is 11. The number of aromatic nitrogens is 10. The zero-order chi connectivity index (χ0) is 37.1. The summed E-state index contributed by atoms with van der Waals surface area (Å²) in [5, 5.41) is 31.5. The van der Waals surface area contributed by atoms with Crippen LogP contribution in [-0.2, 0) is 4.79 Å². The lowest BCUT2D eigenvalue weighted by atomic mass is 9.95. The van der Waals surface area contributed by atoms with Crippen molar-refractivity contribution >= 4 is 82.0 Å². The van der Waals surface area contributed by atoms with Gasteiger partial charge < -0.3 is 10.6 Å². The van der Waals surface area contributed by atoms with Crippen LogP contribution in [0.15, 0.2) is 94.5 Å². The summed E-state index contributed by atoms with van der Waals surface area (Å²) in [6.45, 7) is 0. The van der Waals surface area contributed by atoms with Crippen LogP contribution < -0.4 is 32.4 Å². The topological polar surface area (TPSA) is 251 Å². The third kappa shape index (κ3) is 7.60. The van der Waals surface area contributed by atoms with Gasteiger partial charge in [0.25, 0.3) is 34.6 Å². The van der Waals surface area contributed by atoms with E-state index in [2.05, 4.69) is 61.8 Å². The van der Waals surface area contributed by atoms with Crippen LogP contribution in [-0.4, -0.2) is 67.4 Å². The average molecular weight is 754 g/mol. The van der Waals surface area contributed by atoms with E-state index in [1.54, 1.807) is 78.9 Å². The minimum Gasteiger partial charge on any atom is -0.308 e. The van der Waals surface area contributed by atoms with Crippen molar-refractivity contribution < 1.29 is 14.4 Å². The Balaban J connectivity index is 1.22. The summed E-state index contributed by atoms with van der Waals surface area (Å²) in [6, 6.07) is 20.0. The Morgan fingerprint density at radius 2 is 1.08 bits per heavy atom. The summed E-state index contributed by atoms with van der Waals surface area (Å²) in [7, 11) is 0. The van der Waals surface area contributed by atoms with Gasteiger partial charge in [-0.25, -0.2) is 19.6 Å². The van der Waals surface area contributed by atoms with Gasteiger partial charge in [0, 0.05) is 21.4 Å². The average Bonchev–Trinajstić information content (AvgIpc) is 3.72. The van der Waals surface area contributed by atoms with E-state index in [1.807, 2.05) is 0 Å². The maximum atomic E-state index is 13.9. The highest BCUT2D eigenvalue weighted by Gasteiger charge is 2.32. The summed E-state index contributed by atoms with van der Waals surface area (Å²) in [6.07, 6.45) is 2.66. The molecule has 4 heterocycles. The number of benzene rings is 3. The Bertz CT molecular complexity index is 2500. The van der Waals surface area contributed by atoms with Gasteiger partial charge in [0.05, 0.1) is 0 Å². The van der Waals surface area contributed by atoms with Crippen LogP contribution in [0, 0.1) is 0 Å². The number of nitrogens with one attached hydrogen (secondary N) is 6. The first-order chi connectivity index (χ1) is 25.6. The van der Waals surface area contributed by atoms with Crippen LogP contribution in [0.4, 0.5) is 32.9 Å². The summed E-state index contributed by atoms with van der Waals surface area (Å²) >= 11 is 11.8. The molecule has 4 aromatic heterocycles. The van der Waals surface area contributed by atoms with Gasteiger partial charge in [0.2, 0.25) is 0 Å². The second-order valence-electron chi connectivity index (χ2n) is 10.9. The first-order valence-corrected chi connectivity index (χ1v) is 16.0. The molecule has 0 atom stereocenters. The lowest BCUT2D eigenvalue weighted by Gasteiger charge is -2.12. The van der Waals surface area contributed by atoms with Crippen molar-refractivity contribution in [3.8, 4) is 0 Å². The van der Waals surface area contributed by atoms with E-state index < -0.39 is 46.3 Å². The number of nitrogens with zero attached hydrogens (tertiary/aromatic N) is 8. The highest BCUT2D eigenvalue weighted by molar-refractivity contribution is 6.31. The van der Waals surface area contributed by atoms with Crippen molar-refractivity contribution in [3.05, 3.63) is 133 Å². The molecule has 0 aliphatic carbocycles. The second kappa shape index (κ2) is 14.5. The Hall–Kier alpha value is -7.25. The molecule has 0 aliphatic rings. The maximum absolute atomic E-state index is 13.9. The van der Waals surface area contributed by atoms with Gasteiger partial charge in [-0.2, -0.15) is 9.03 Å². The van der Waals surface area contributed by atoms with E-state index in [1.165, 1.54) is 12.2 Å². The van der Waals surface area contributed by atoms with Crippen LogP contribution in [0.5, 0.6) is 0 Å². The summed E-state index contributed by atoms with van der Waals surface area (Å²) in [4.78, 5) is 74.9. The van der Waals surface area contributed by atoms with E-state index in [0.717, 1.165) is 9.03 Å². The predicted octanol–water partition coefficient (Wildman–Crippen LogP) is 3.95. The number of ketones is 1. The molecular formula is C32H22Cl2N14O5. The smallest absolute Gasteiger partial charge is 0.308 e. The van der Waals surface area contributed by atoms with Gasteiger partial charge in [-0.1, -0.05) is 59.6 Å². The highest BCUT2D eigenvalue weighted by atomic mass is 35.5. The monoisotopic (exact) mass is 752 g/mol. The minimum atomic E-state index is -1.69. The summed E-state index contributed by atoms with van der Waals surface area (Å²) < 4.78 is 1.97. The van der Waals surface area contributed by atoms with Crippen LogP contribution >= 0.6 is 23.2 Å². The van der Waals surface area contributed by atoms with Crippen molar-refractivity contribution in [1.82, 2.24) is 49.6 Å². The quantitative estimate of drug-likeness (QED) is 0.115. The molecule has 21 heteroatoms. The van der Waals surface area contributed by atoms with Crippen LogP contribution in [0.25, 0.3) is 17.6 Å². The molecule has 0 aliphatic heterocycles. The number of urea groups is 2. The fourth-order valence-electron chi connectivity index (χ4n) is 4.92. The Morgan fingerprint density at radius 3 is 1.53 bits per heavy atom. The standard InChI is InChI=1S/C32H22Cl2N14O5/c33-17-7-11-19(12-8-17)35-31(52)39-29-43-41-27-37-23(25(50)45-47(27)29)22(21(49)15-6-16-4-2-1-3-5-16)24-26(51)46-48-28(38-24)42-44-30(48)40-32(53)36-20-13-9-18(34)10-14-20/h1-15,22H,(H,45,50)(H,46,51)(H2,35,39,43,52)(H2,36,40,44,53)/b15-6-. The van der Waals surface area contributed by atoms with Crippen molar-refractivity contribution in [2.75, 3.05) is 21.3 Å². The van der Waals surface area contributed by atoms with Gasteiger partial charge in [0.15, 0.2) is 5.78 Å². The fraction of sp³-hybridized carbons (Fsp3) is 0.0312. The molecule has 7 rings (SSSR count). The van der Waals surface area contributed by atoms with Crippen molar-refractivity contribution in [2.45, 2.75) is 5.92 Å². The maximum Gasteiger partial charge on any atom is 0.326 e. The number of carbonyl (C=O) groups excluding carboxylic acids is 3. The number of hydrogen-bond donors (Lipinski definition) is 6. The SMILES string of the molecule is O=C(Nc1ccc(Cl)cc1)Nc1nnc2nc(C(C(=O)/C=C\c3ccccc3)c3nc4nnc(NC(=O)Nc5ccc(Cl)cc5)n4[nH]c3=O)c(=O)[nH]n12. The number of fused-ring (bicyclic) bond motifs is 2. The molecule has 264 valence electrons. The number of amides is 4. The number of carbonyl (C=O) groups is 3. The molecule has 4 amide bonds. The zero-order valence-corrected chi connectivity index (χ0v) is 28.1. The molecule has 0 saturated heterocycles. The normalized spacial score (nSPS) is 11.3. The van der Waals surface area contributed by atoms with Crippen molar-refractivity contribution in [2.24, 2.45) is 0 Å². The summed E-state index contributed by atoms with van der Waals surface area (Å²) in [5.41, 5.74) is -1.30. The molecular weight excluding hydrogens is 731 g/mol. The van der Waals surface area contributed by atoms with Crippen molar-refractivity contribution in [3.63, 3.8) is 0 Å². The summed E-state index contributed by atoms with van der Waals surface area (Å²) in [5.74, 6) is -3.33. The van der Waals surface area contributed by atoms with Gasteiger partial charge in [-0.05, 0) is 60.2 Å². The third-order valence-electron chi connectivity index (χ3n) is 7.35. The van der Waals surface area contributed by atoms with E-state index in [-0.39, 0.29) is 23.5 Å². The second-order valence-corrected chi connectivity index (χ2v) is 11.8. The third-order valence-corrected chi connectivity index (χ3v) is 7.85. The number of H-pyrrole nitrogens is 2. The van der Waals surface area contributed by atoms with Gasteiger partial charge in [0.1, 0.15) is 17.3 Å². The van der Waals surface area contributed by atoms with E-state index >= 15 is 0 Å². The van der Waals surface area contributed by atoms with Gasteiger partial charge >= 0.3 is 12.1 Å². The lowest BCUT2D eigenvalue weighted by Crippen LogP contribution is -2.32. The number of aromatic amines is 2. The molecule has 0 bridgehead atoms. The predicted molar refractivity (Wildman–Crippen MR) is 193 cm³/mol. The first-order valence-electron chi connectivity index (χ1n) is 15.3. The fourth-order valence-corrected chi connectivity index (χ4v) is 5.17. The molecule has 19 nitrogen and oxygen atoms in total. The Kier molecular flexibility index (Phi) is 9.39. The zero-order valence-electron chi connectivity index (χ0n) is 26.6. The van der Waals surface area contributed by atoms with Crippen LogP contribution in [0.3, 0.4) is 0 Å². The Labute approximate surface area is 305 Å². The lowest BCUT2D eigenvalue weighted by molar-refractivity contribution is -0.115. The van der Waals surface area contributed by atoms with E-state index in [4.69, 9.17) is 23.2 Å². The molecule has 3 aromatic carbocycles. The first kappa shape index (κ1) is 34.2. The van der Waals surface area contributed by atoms with E-state index in [9.17, 15) is 24.0 Å². The Morgan fingerprint density at radius 1 is 0.623 bits per heavy atom. The minimum absolute atomic E-state index is 0.213. The molecule has 0 unspecified atom stereocenters. The molecule has 0 fully saturated rings. The molecule has 6 N–H and O–H groups in total. The van der Waals surface area contributed by atoms with E-state index in [0.29, 0.717) is 27.0 Å². The molecule has 0 spiro atoms. The highest BCUT2D eigenvalue weighted by Crippen LogP contribution is 2.21. The molecule has 0 radical (unpaired) electrons. The van der Waals surface area contributed by atoms with Gasteiger partial charge in [-0.15, -0.1) is 20.4 Å². The molecule has 7 aromatic rings. The number of allylic oxidation sites excluding steroid dienone is 1. The largest absolute Gasteiger partial charge is 0.326 e. The van der Waals surface area contributed by atoms with Gasteiger partial charge in [-0.3, -0.25) is 35.2 Å².